The van der Waals surface area contributed by atoms with E-state index < -0.39 is 0 Å². The van der Waals surface area contributed by atoms with Crippen LogP contribution in [0.1, 0.15) is 57.4 Å². The van der Waals surface area contributed by atoms with E-state index in [9.17, 15) is 0 Å². The van der Waals surface area contributed by atoms with E-state index in [0.29, 0.717) is 6.04 Å². The molecule has 0 saturated heterocycles. The molecule has 21 heavy (non-hydrogen) atoms. The number of para-hydroxylation sites is 1. The van der Waals surface area contributed by atoms with Gasteiger partial charge >= 0.3 is 0 Å². The van der Waals surface area contributed by atoms with Crippen molar-refractivity contribution in [3.8, 4) is 5.69 Å². The second-order valence-corrected chi connectivity index (χ2v) is 5.14. The summed E-state index contributed by atoms with van der Waals surface area (Å²) in [4.78, 5) is 4.63. The van der Waals surface area contributed by atoms with Gasteiger partial charge in [0.05, 0.1) is 5.69 Å². The Balaban J connectivity index is 2.51. The van der Waals surface area contributed by atoms with E-state index in [1.807, 2.05) is 4.68 Å². The molecular weight excluding hydrogens is 260 g/mol. The maximum absolute atomic E-state index is 4.69. The standard InChI is InChI=1S/C17H26N4/c1-5-14(18-8-4)13-11-9-10-12-15(13)21-17(7-3)19-16(6-2)20-21/h9-12,14,18H,5-8H2,1-4H3. The molecular formula is C17H26N4. The third kappa shape index (κ3) is 3.32. The Bertz CT molecular complexity index is 574. The van der Waals surface area contributed by atoms with E-state index in [1.54, 1.807) is 0 Å². The molecule has 0 aliphatic rings. The topological polar surface area (TPSA) is 42.7 Å². The van der Waals surface area contributed by atoms with Crippen LogP contribution >= 0.6 is 0 Å². The van der Waals surface area contributed by atoms with Crippen LogP contribution in [0.2, 0.25) is 0 Å². The highest BCUT2D eigenvalue weighted by atomic mass is 15.4. The van der Waals surface area contributed by atoms with Crippen LogP contribution in [0.4, 0.5) is 0 Å². The summed E-state index contributed by atoms with van der Waals surface area (Å²) >= 11 is 0. The molecule has 1 aromatic heterocycles. The predicted molar refractivity (Wildman–Crippen MR) is 86.8 cm³/mol. The molecule has 0 bridgehead atoms. The average molecular weight is 286 g/mol. The number of nitrogens with zero attached hydrogens (tertiary/aromatic N) is 3. The van der Waals surface area contributed by atoms with E-state index in [0.717, 1.165) is 43.1 Å². The summed E-state index contributed by atoms with van der Waals surface area (Å²) in [6, 6.07) is 8.86. The number of hydrogen-bond acceptors (Lipinski definition) is 3. The first kappa shape index (κ1) is 15.7. The molecule has 0 spiro atoms. The lowest BCUT2D eigenvalue weighted by Crippen LogP contribution is -2.22. The Labute approximate surface area is 127 Å². The van der Waals surface area contributed by atoms with Gasteiger partial charge in [0, 0.05) is 18.9 Å². The van der Waals surface area contributed by atoms with Crippen molar-refractivity contribution in [2.45, 2.75) is 53.0 Å². The number of benzene rings is 1. The molecule has 4 nitrogen and oxygen atoms in total. The van der Waals surface area contributed by atoms with Crippen LogP contribution < -0.4 is 5.32 Å². The molecule has 4 heteroatoms. The number of aryl methyl sites for hydroxylation is 2. The van der Waals surface area contributed by atoms with Crippen LogP contribution in [0.15, 0.2) is 24.3 Å². The molecule has 0 aliphatic heterocycles. The fraction of sp³-hybridized carbons (Fsp3) is 0.529. The number of nitrogens with one attached hydrogen (secondary N) is 1. The molecule has 1 atom stereocenters. The zero-order valence-electron chi connectivity index (χ0n) is 13.6. The van der Waals surface area contributed by atoms with Crippen LogP contribution in [0.5, 0.6) is 0 Å². The van der Waals surface area contributed by atoms with E-state index in [2.05, 4.69) is 67.4 Å². The van der Waals surface area contributed by atoms with Gasteiger partial charge in [-0.2, -0.15) is 5.10 Å². The van der Waals surface area contributed by atoms with Gasteiger partial charge in [-0.05, 0) is 24.6 Å². The van der Waals surface area contributed by atoms with Crippen LogP contribution in [-0.2, 0) is 12.8 Å². The molecule has 0 radical (unpaired) electrons. The summed E-state index contributed by atoms with van der Waals surface area (Å²) in [5, 5.41) is 8.24. The van der Waals surface area contributed by atoms with E-state index >= 15 is 0 Å². The number of hydrogen-bond donors (Lipinski definition) is 1. The molecule has 1 unspecified atom stereocenters. The first-order valence-corrected chi connectivity index (χ1v) is 8.02. The maximum Gasteiger partial charge on any atom is 0.151 e. The SMILES string of the molecule is CCNC(CC)c1ccccc1-n1nc(CC)nc1CC. The molecule has 1 heterocycles. The summed E-state index contributed by atoms with van der Waals surface area (Å²) in [5.74, 6) is 1.95. The molecule has 2 aromatic rings. The quantitative estimate of drug-likeness (QED) is 0.847. The average Bonchev–Trinajstić information content (AvgIpc) is 2.96. The van der Waals surface area contributed by atoms with Crippen LogP contribution in [0.25, 0.3) is 5.69 Å². The third-order valence-electron chi connectivity index (χ3n) is 3.75. The van der Waals surface area contributed by atoms with Gasteiger partial charge in [0.15, 0.2) is 5.82 Å². The van der Waals surface area contributed by atoms with Crippen molar-refractivity contribution >= 4 is 0 Å². The van der Waals surface area contributed by atoms with Crippen molar-refractivity contribution in [1.82, 2.24) is 20.1 Å². The summed E-state index contributed by atoms with van der Waals surface area (Å²) in [7, 11) is 0. The summed E-state index contributed by atoms with van der Waals surface area (Å²) in [5.41, 5.74) is 2.44. The summed E-state index contributed by atoms with van der Waals surface area (Å²) < 4.78 is 2.02. The fourth-order valence-corrected chi connectivity index (χ4v) is 2.66. The summed E-state index contributed by atoms with van der Waals surface area (Å²) in [6.07, 6.45) is 2.81. The van der Waals surface area contributed by atoms with Crippen LogP contribution in [0, 0.1) is 0 Å². The molecule has 2 rings (SSSR count). The van der Waals surface area contributed by atoms with E-state index in [-0.39, 0.29) is 0 Å². The van der Waals surface area contributed by atoms with Gasteiger partial charge in [0.1, 0.15) is 5.82 Å². The molecule has 0 aliphatic carbocycles. The van der Waals surface area contributed by atoms with Gasteiger partial charge in [-0.15, -0.1) is 0 Å². The van der Waals surface area contributed by atoms with Gasteiger partial charge in [-0.3, -0.25) is 0 Å². The van der Waals surface area contributed by atoms with E-state index in [1.165, 1.54) is 5.56 Å². The van der Waals surface area contributed by atoms with Gasteiger partial charge in [0.2, 0.25) is 0 Å². The fourth-order valence-electron chi connectivity index (χ4n) is 2.66. The van der Waals surface area contributed by atoms with Crippen LogP contribution in [0.3, 0.4) is 0 Å². The van der Waals surface area contributed by atoms with Crippen molar-refractivity contribution in [2.24, 2.45) is 0 Å². The van der Waals surface area contributed by atoms with Crippen molar-refractivity contribution in [3.63, 3.8) is 0 Å². The van der Waals surface area contributed by atoms with E-state index in [4.69, 9.17) is 0 Å². The highest BCUT2D eigenvalue weighted by Gasteiger charge is 2.17. The Kier molecular flexibility index (Phi) is 5.51. The summed E-state index contributed by atoms with van der Waals surface area (Å²) in [6.45, 7) is 9.55. The van der Waals surface area contributed by atoms with Crippen molar-refractivity contribution in [3.05, 3.63) is 41.5 Å². The normalized spacial score (nSPS) is 12.6. The lowest BCUT2D eigenvalue weighted by molar-refractivity contribution is 0.533. The second-order valence-electron chi connectivity index (χ2n) is 5.14. The monoisotopic (exact) mass is 286 g/mol. The van der Waals surface area contributed by atoms with Crippen molar-refractivity contribution in [1.29, 1.82) is 0 Å². The highest BCUT2D eigenvalue weighted by Crippen LogP contribution is 2.24. The highest BCUT2D eigenvalue weighted by molar-refractivity contribution is 5.43. The largest absolute Gasteiger partial charge is 0.310 e. The molecule has 0 saturated carbocycles. The smallest absolute Gasteiger partial charge is 0.151 e. The van der Waals surface area contributed by atoms with Crippen molar-refractivity contribution in [2.75, 3.05) is 6.54 Å². The van der Waals surface area contributed by atoms with Crippen LogP contribution in [-0.4, -0.2) is 21.3 Å². The first-order valence-electron chi connectivity index (χ1n) is 8.02. The Morgan fingerprint density at radius 3 is 2.48 bits per heavy atom. The zero-order valence-corrected chi connectivity index (χ0v) is 13.6. The van der Waals surface area contributed by atoms with Gasteiger partial charge in [-0.25, -0.2) is 9.67 Å². The van der Waals surface area contributed by atoms with Gasteiger partial charge < -0.3 is 5.32 Å². The molecule has 0 amide bonds. The maximum atomic E-state index is 4.69. The Morgan fingerprint density at radius 2 is 1.86 bits per heavy atom. The third-order valence-corrected chi connectivity index (χ3v) is 3.75. The predicted octanol–water partition coefficient (Wildman–Crippen LogP) is 3.45. The first-order chi connectivity index (χ1) is 10.2. The lowest BCUT2D eigenvalue weighted by atomic mass is 10.0. The minimum absolute atomic E-state index is 0.352. The Morgan fingerprint density at radius 1 is 1.10 bits per heavy atom. The lowest BCUT2D eigenvalue weighted by Gasteiger charge is -2.20. The van der Waals surface area contributed by atoms with Gasteiger partial charge in [0.25, 0.3) is 0 Å². The molecule has 1 N–H and O–H groups in total. The molecule has 114 valence electrons. The molecule has 0 fully saturated rings. The minimum atomic E-state index is 0.352. The van der Waals surface area contributed by atoms with Gasteiger partial charge in [-0.1, -0.05) is 45.9 Å². The Hall–Kier alpha value is -1.68. The number of aromatic nitrogens is 3. The second kappa shape index (κ2) is 7.36. The number of rotatable bonds is 7. The minimum Gasteiger partial charge on any atom is -0.310 e. The van der Waals surface area contributed by atoms with Crippen molar-refractivity contribution < 1.29 is 0 Å². The molecule has 1 aromatic carbocycles. The zero-order chi connectivity index (χ0) is 15.2.